The maximum Gasteiger partial charge on any atom is 0.168 e. The fraction of sp³-hybridized carbons (Fsp3) is 0.545. The highest BCUT2D eigenvalue weighted by molar-refractivity contribution is 5.47. The lowest BCUT2D eigenvalue weighted by atomic mass is 10.2. The maximum atomic E-state index is 13.3. The Morgan fingerprint density at radius 3 is 2.59 bits per heavy atom. The monoisotopic (exact) mass is 245 g/mol. The lowest BCUT2D eigenvalue weighted by Gasteiger charge is -2.09. The van der Waals surface area contributed by atoms with E-state index in [1.165, 1.54) is 7.05 Å². The second-order valence-electron chi connectivity index (χ2n) is 3.82. The van der Waals surface area contributed by atoms with Gasteiger partial charge in [-0.3, -0.25) is 0 Å². The van der Waals surface area contributed by atoms with Crippen LogP contribution in [0.2, 0.25) is 0 Å². The van der Waals surface area contributed by atoms with Gasteiger partial charge < -0.3 is 15.7 Å². The Bertz CT molecular complexity index is 372. The molecule has 1 aromatic rings. The Kier molecular flexibility index (Phi) is 5.09. The SMILES string of the molecule is CNc1nc(NCCCC(C)O)c(F)cc1F. The Morgan fingerprint density at radius 1 is 1.35 bits per heavy atom. The standard InChI is InChI=1S/C11H17F2N3O/c1-7(17)4-3-5-15-11-9(13)6-8(12)10(14-2)16-11/h6-7,17H,3-5H2,1-2H3,(H2,14,15,16). The first-order chi connectivity index (χ1) is 8.04. The highest BCUT2D eigenvalue weighted by atomic mass is 19.1. The summed E-state index contributed by atoms with van der Waals surface area (Å²) >= 11 is 0. The second-order valence-corrected chi connectivity index (χ2v) is 3.82. The highest BCUT2D eigenvalue weighted by Crippen LogP contribution is 2.18. The summed E-state index contributed by atoms with van der Waals surface area (Å²) in [5.41, 5.74) is 0. The van der Waals surface area contributed by atoms with E-state index in [2.05, 4.69) is 15.6 Å². The van der Waals surface area contributed by atoms with Gasteiger partial charge in [0, 0.05) is 19.7 Å². The predicted octanol–water partition coefficient (Wildman–Crippen LogP) is 1.97. The van der Waals surface area contributed by atoms with Crippen molar-refractivity contribution in [1.29, 1.82) is 0 Å². The Balaban J connectivity index is 2.58. The Labute approximate surface area is 99.1 Å². The summed E-state index contributed by atoms with van der Waals surface area (Å²) in [6.07, 6.45) is 0.926. The molecule has 0 aliphatic carbocycles. The van der Waals surface area contributed by atoms with E-state index in [4.69, 9.17) is 5.11 Å². The normalized spacial score (nSPS) is 12.3. The number of anilines is 2. The molecule has 96 valence electrons. The van der Waals surface area contributed by atoms with E-state index in [-0.39, 0.29) is 17.7 Å². The molecule has 0 amide bonds. The summed E-state index contributed by atoms with van der Waals surface area (Å²) in [6.45, 7) is 2.17. The van der Waals surface area contributed by atoms with E-state index < -0.39 is 11.6 Å². The summed E-state index contributed by atoms with van der Waals surface area (Å²) in [4.78, 5) is 3.77. The first-order valence-electron chi connectivity index (χ1n) is 5.50. The zero-order valence-electron chi connectivity index (χ0n) is 9.93. The molecule has 0 bridgehead atoms. The molecule has 6 heteroatoms. The van der Waals surface area contributed by atoms with Crippen molar-refractivity contribution in [2.24, 2.45) is 0 Å². The molecule has 0 spiro atoms. The average molecular weight is 245 g/mol. The van der Waals surface area contributed by atoms with Gasteiger partial charge in [0.25, 0.3) is 0 Å². The smallest absolute Gasteiger partial charge is 0.168 e. The van der Waals surface area contributed by atoms with Crippen LogP contribution in [0.5, 0.6) is 0 Å². The van der Waals surface area contributed by atoms with Crippen LogP contribution < -0.4 is 10.6 Å². The van der Waals surface area contributed by atoms with Crippen molar-refractivity contribution in [3.8, 4) is 0 Å². The van der Waals surface area contributed by atoms with Crippen LogP contribution in [0, 0.1) is 11.6 Å². The fourth-order valence-electron chi connectivity index (χ4n) is 1.37. The number of pyridine rings is 1. The molecule has 4 nitrogen and oxygen atoms in total. The quantitative estimate of drug-likeness (QED) is 0.671. The molecular weight excluding hydrogens is 228 g/mol. The number of hydrogen-bond acceptors (Lipinski definition) is 4. The lowest BCUT2D eigenvalue weighted by molar-refractivity contribution is 0.183. The number of nitrogens with one attached hydrogen (secondary N) is 2. The molecule has 1 unspecified atom stereocenters. The van der Waals surface area contributed by atoms with Crippen LogP contribution in [-0.4, -0.2) is 29.8 Å². The Hall–Kier alpha value is -1.43. The first kappa shape index (κ1) is 13.6. The number of aliphatic hydroxyl groups excluding tert-OH is 1. The molecule has 17 heavy (non-hydrogen) atoms. The summed E-state index contributed by atoms with van der Waals surface area (Å²) in [5, 5.41) is 14.4. The molecule has 0 aliphatic heterocycles. The van der Waals surface area contributed by atoms with Crippen LogP contribution in [0.1, 0.15) is 19.8 Å². The molecule has 1 rings (SSSR count). The third-order valence-electron chi connectivity index (χ3n) is 2.26. The molecule has 0 aliphatic rings. The van der Waals surface area contributed by atoms with Gasteiger partial charge in [0.2, 0.25) is 0 Å². The molecule has 0 saturated heterocycles. The third kappa shape index (κ3) is 4.14. The fourth-order valence-corrected chi connectivity index (χ4v) is 1.37. The number of aliphatic hydroxyl groups is 1. The number of rotatable bonds is 6. The summed E-state index contributed by atoms with van der Waals surface area (Å²) in [6, 6.07) is 0.788. The van der Waals surface area contributed by atoms with Crippen molar-refractivity contribution in [2.45, 2.75) is 25.9 Å². The van der Waals surface area contributed by atoms with Crippen LogP contribution in [0.25, 0.3) is 0 Å². The molecule has 0 fully saturated rings. The molecule has 1 heterocycles. The van der Waals surface area contributed by atoms with Gasteiger partial charge in [-0.05, 0) is 19.8 Å². The van der Waals surface area contributed by atoms with Crippen molar-refractivity contribution in [3.63, 3.8) is 0 Å². The van der Waals surface area contributed by atoms with Gasteiger partial charge in [0.15, 0.2) is 23.3 Å². The summed E-state index contributed by atoms with van der Waals surface area (Å²) in [7, 11) is 1.51. The average Bonchev–Trinajstić information content (AvgIpc) is 2.26. The number of hydrogen-bond donors (Lipinski definition) is 3. The van der Waals surface area contributed by atoms with Crippen LogP contribution in [0.15, 0.2) is 6.07 Å². The van der Waals surface area contributed by atoms with E-state index in [0.29, 0.717) is 19.4 Å². The van der Waals surface area contributed by atoms with Gasteiger partial charge in [-0.2, -0.15) is 0 Å². The molecule has 1 atom stereocenters. The lowest BCUT2D eigenvalue weighted by Crippen LogP contribution is -2.10. The van der Waals surface area contributed by atoms with Gasteiger partial charge in [0.05, 0.1) is 6.10 Å². The van der Waals surface area contributed by atoms with Gasteiger partial charge >= 0.3 is 0 Å². The van der Waals surface area contributed by atoms with Crippen molar-refractivity contribution >= 4 is 11.6 Å². The minimum atomic E-state index is -0.724. The molecule has 3 N–H and O–H groups in total. The molecular formula is C11H17F2N3O. The summed E-state index contributed by atoms with van der Waals surface area (Å²) < 4.78 is 26.4. The minimum absolute atomic E-state index is 0.00410. The molecule has 0 saturated carbocycles. The van der Waals surface area contributed by atoms with Crippen molar-refractivity contribution in [2.75, 3.05) is 24.2 Å². The van der Waals surface area contributed by atoms with Crippen molar-refractivity contribution in [3.05, 3.63) is 17.7 Å². The van der Waals surface area contributed by atoms with E-state index in [0.717, 1.165) is 6.07 Å². The molecule has 0 aromatic carbocycles. The molecule has 1 aromatic heterocycles. The third-order valence-corrected chi connectivity index (χ3v) is 2.26. The van der Waals surface area contributed by atoms with E-state index in [1.54, 1.807) is 6.92 Å². The van der Waals surface area contributed by atoms with Gasteiger partial charge in [-0.1, -0.05) is 0 Å². The van der Waals surface area contributed by atoms with Crippen molar-refractivity contribution in [1.82, 2.24) is 4.98 Å². The Morgan fingerprint density at radius 2 is 2.00 bits per heavy atom. The van der Waals surface area contributed by atoms with Crippen molar-refractivity contribution < 1.29 is 13.9 Å². The first-order valence-corrected chi connectivity index (χ1v) is 5.50. The summed E-state index contributed by atoms with van der Waals surface area (Å²) in [5.74, 6) is -1.43. The maximum absolute atomic E-state index is 13.3. The van der Waals surface area contributed by atoms with E-state index in [1.807, 2.05) is 0 Å². The van der Waals surface area contributed by atoms with Crippen LogP contribution in [0.3, 0.4) is 0 Å². The number of halogens is 2. The van der Waals surface area contributed by atoms with Gasteiger partial charge in [-0.15, -0.1) is 0 Å². The topological polar surface area (TPSA) is 57.2 Å². The number of nitrogens with zero attached hydrogens (tertiary/aromatic N) is 1. The van der Waals surface area contributed by atoms with E-state index in [9.17, 15) is 8.78 Å². The highest BCUT2D eigenvalue weighted by Gasteiger charge is 2.10. The zero-order valence-corrected chi connectivity index (χ0v) is 9.93. The molecule has 0 radical (unpaired) electrons. The van der Waals surface area contributed by atoms with Gasteiger partial charge in [0.1, 0.15) is 0 Å². The minimum Gasteiger partial charge on any atom is -0.393 e. The van der Waals surface area contributed by atoms with Gasteiger partial charge in [-0.25, -0.2) is 13.8 Å². The van der Waals surface area contributed by atoms with E-state index >= 15 is 0 Å². The zero-order chi connectivity index (χ0) is 12.8. The predicted molar refractivity (Wildman–Crippen MR) is 63.1 cm³/mol. The number of aromatic nitrogens is 1. The largest absolute Gasteiger partial charge is 0.393 e. The van der Waals surface area contributed by atoms with Crippen LogP contribution in [0.4, 0.5) is 20.4 Å². The van der Waals surface area contributed by atoms with Crippen LogP contribution in [-0.2, 0) is 0 Å². The van der Waals surface area contributed by atoms with Crippen LogP contribution >= 0.6 is 0 Å². The second kappa shape index (κ2) is 6.34.